The molecule has 4 aromatic rings. The van der Waals surface area contributed by atoms with Gasteiger partial charge in [-0.1, -0.05) is 11.8 Å². The molecule has 0 atom stereocenters. The lowest BCUT2D eigenvalue weighted by Crippen LogP contribution is -2.17. The summed E-state index contributed by atoms with van der Waals surface area (Å²) in [5.41, 5.74) is 0.920. The first-order chi connectivity index (χ1) is 14.6. The van der Waals surface area contributed by atoms with Gasteiger partial charge >= 0.3 is 0 Å². The lowest BCUT2D eigenvalue weighted by molar-refractivity contribution is -0.113. The first-order valence-electron chi connectivity index (χ1n) is 8.76. The SMILES string of the molecule is COc1ccc(NC(=O)CSc2n[nH]c(=O)c3cc(-c4ccco4)nn23)c(OC)c1. The van der Waals surface area contributed by atoms with Gasteiger partial charge in [-0.25, -0.2) is 9.61 Å². The Morgan fingerprint density at radius 2 is 2.13 bits per heavy atom. The third-order valence-electron chi connectivity index (χ3n) is 4.17. The van der Waals surface area contributed by atoms with Crippen LogP contribution in [0.3, 0.4) is 0 Å². The third kappa shape index (κ3) is 3.87. The van der Waals surface area contributed by atoms with Crippen LogP contribution in [-0.4, -0.2) is 45.7 Å². The predicted molar refractivity (Wildman–Crippen MR) is 110 cm³/mol. The van der Waals surface area contributed by atoms with Gasteiger partial charge in [0.05, 0.1) is 31.9 Å². The fraction of sp³-hybridized carbons (Fsp3) is 0.158. The maximum absolute atomic E-state index is 12.4. The zero-order chi connectivity index (χ0) is 21.1. The maximum atomic E-state index is 12.4. The van der Waals surface area contributed by atoms with Crippen molar-refractivity contribution in [2.24, 2.45) is 0 Å². The molecule has 0 aliphatic heterocycles. The molecule has 0 aliphatic carbocycles. The molecule has 0 spiro atoms. The van der Waals surface area contributed by atoms with E-state index in [0.29, 0.717) is 39.3 Å². The first kappa shape index (κ1) is 19.6. The number of rotatable bonds is 7. The van der Waals surface area contributed by atoms with E-state index in [0.717, 1.165) is 11.8 Å². The van der Waals surface area contributed by atoms with Crippen LogP contribution in [0.25, 0.3) is 17.0 Å². The van der Waals surface area contributed by atoms with Gasteiger partial charge in [-0.3, -0.25) is 9.59 Å². The molecular formula is C19H17N5O5S. The summed E-state index contributed by atoms with van der Waals surface area (Å²) in [4.78, 5) is 24.5. The van der Waals surface area contributed by atoms with Gasteiger partial charge in [0, 0.05) is 12.1 Å². The zero-order valence-electron chi connectivity index (χ0n) is 16.0. The molecule has 0 saturated heterocycles. The molecular weight excluding hydrogens is 410 g/mol. The molecule has 0 radical (unpaired) electrons. The monoisotopic (exact) mass is 427 g/mol. The summed E-state index contributed by atoms with van der Waals surface area (Å²) >= 11 is 1.13. The number of methoxy groups -OCH3 is 2. The minimum Gasteiger partial charge on any atom is -0.497 e. The predicted octanol–water partition coefficient (Wildman–Crippen LogP) is 2.43. The number of fused-ring (bicyclic) bond motifs is 1. The molecule has 0 saturated carbocycles. The van der Waals surface area contributed by atoms with Crippen molar-refractivity contribution in [2.45, 2.75) is 5.16 Å². The molecule has 2 N–H and O–H groups in total. The number of furan rings is 1. The first-order valence-corrected chi connectivity index (χ1v) is 9.74. The van der Waals surface area contributed by atoms with Crippen molar-refractivity contribution >= 4 is 28.9 Å². The van der Waals surface area contributed by atoms with Crippen LogP contribution < -0.4 is 20.3 Å². The number of carbonyl (C=O) groups excluding carboxylic acids is 1. The van der Waals surface area contributed by atoms with Crippen LogP contribution in [0.2, 0.25) is 0 Å². The number of carbonyl (C=O) groups is 1. The molecule has 3 heterocycles. The normalized spacial score (nSPS) is 10.9. The second kappa shape index (κ2) is 8.33. The molecule has 154 valence electrons. The Morgan fingerprint density at radius 1 is 1.27 bits per heavy atom. The smallest absolute Gasteiger partial charge is 0.290 e. The van der Waals surface area contributed by atoms with Gasteiger partial charge in [-0.2, -0.15) is 5.10 Å². The van der Waals surface area contributed by atoms with Crippen LogP contribution >= 0.6 is 11.8 Å². The number of ether oxygens (including phenoxy) is 2. The minimum absolute atomic E-state index is 0.0409. The number of anilines is 1. The van der Waals surface area contributed by atoms with Crippen LogP contribution in [0.15, 0.2) is 57.0 Å². The van der Waals surface area contributed by atoms with Crippen LogP contribution in [0.1, 0.15) is 0 Å². The highest BCUT2D eigenvalue weighted by Crippen LogP contribution is 2.29. The molecule has 0 aliphatic rings. The fourth-order valence-electron chi connectivity index (χ4n) is 2.75. The average Bonchev–Trinajstić information content (AvgIpc) is 3.44. The van der Waals surface area contributed by atoms with Gasteiger partial charge in [0.1, 0.15) is 22.7 Å². The van der Waals surface area contributed by atoms with Crippen molar-refractivity contribution < 1.29 is 18.7 Å². The van der Waals surface area contributed by atoms with E-state index in [1.807, 2.05) is 0 Å². The average molecular weight is 427 g/mol. The molecule has 0 unspecified atom stereocenters. The fourth-order valence-corrected chi connectivity index (χ4v) is 3.45. The number of aromatic nitrogens is 4. The lowest BCUT2D eigenvalue weighted by Gasteiger charge is -2.11. The van der Waals surface area contributed by atoms with Crippen LogP contribution in [-0.2, 0) is 4.79 Å². The largest absolute Gasteiger partial charge is 0.497 e. The Hall–Kier alpha value is -3.73. The Bertz CT molecular complexity index is 1250. The lowest BCUT2D eigenvalue weighted by atomic mass is 10.2. The van der Waals surface area contributed by atoms with Gasteiger partial charge in [0.25, 0.3) is 5.56 Å². The van der Waals surface area contributed by atoms with Crippen LogP contribution in [0.5, 0.6) is 11.5 Å². The summed E-state index contributed by atoms with van der Waals surface area (Å²) < 4.78 is 17.2. The van der Waals surface area contributed by atoms with Crippen LogP contribution in [0, 0.1) is 0 Å². The summed E-state index contributed by atoms with van der Waals surface area (Å²) in [5, 5.41) is 14.0. The number of thioether (sulfide) groups is 1. The number of benzene rings is 1. The highest BCUT2D eigenvalue weighted by atomic mass is 32.2. The summed E-state index contributed by atoms with van der Waals surface area (Å²) in [7, 11) is 3.06. The Morgan fingerprint density at radius 3 is 2.87 bits per heavy atom. The number of nitrogens with one attached hydrogen (secondary N) is 2. The number of hydrogen-bond acceptors (Lipinski definition) is 8. The van der Waals surface area contributed by atoms with Crippen molar-refractivity contribution in [2.75, 3.05) is 25.3 Å². The van der Waals surface area contributed by atoms with Gasteiger partial charge in [-0.15, -0.1) is 5.10 Å². The van der Waals surface area contributed by atoms with E-state index in [-0.39, 0.29) is 11.7 Å². The van der Waals surface area contributed by atoms with E-state index in [4.69, 9.17) is 13.9 Å². The maximum Gasteiger partial charge on any atom is 0.290 e. The number of H-pyrrole nitrogens is 1. The number of nitrogens with zero attached hydrogens (tertiary/aromatic N) is 3. The number of hydrogen-bond donors (Lipinski definition) is 2. The second-order valence-corrected chi connectivity index (χ2v) is 6.98. The summed E-state index contributed by atoms with van der Waals surface area (Å²) in [5.74, 6) is 1.39. The quantitative estimate of drug-likeness (QED) is 0.431. The summed E-state index contributed by atoms with van der Waals surface area (Å²) in [6.07, 6.45) is 1.52. The molecule has 11 heteroatoms. The van der Waals surface area contributed by atoms with E-state index in [1.54, 1.807) is 43.5 Å². The number of amides is 1. The molecule has 10 nitrogen and oxygen atoms in total. The van der Waals surface area contributed by atoms with Crippen LogP contribution in [0.4, 0.5) is 5.69 Å². The number of aromatic amines is 1. The van der Waals surface area contributed by atoms with Gasteiger partial charge < -0.3 is 19.2 Å². The third-order valence-corrected chi connectivity index (χ3v) is 5.09. The van der Waals surface area contributed by atoms with Crippen molar-refractivity contribution in [3.63, 3.8) is 0 Å². The highest BCUT2D eigenvalue weighted by Gasteiger charge is 2.15. The van der Waals surface area contributed by atoms with E-state index >= 15 is 0 Å². The molecule has 1 aromatic carbocycles. The van der Waals surface area contributed by atoms with E-state index in [9.17, 15) is 9.59 Å². The van der Waals surface area contributed by atoms with Crippen molar-refractivity contribution in [1.82, 2.24) is 19.8 Å². The molecule has 0 bridgehead atoms. The van der Waals surface area contributed by atoms with Gasteiger partial charge in [-0.05, 0) is 24.3 Å². The summed E-state index contributed by atoms with van der Waals surface area (Å²) in [6.45, 7) is 0. The standard InChI is InChI=1S/C19H17N5O5S/c1-27-11-5-6-12(16(8-11)28-2)20-17(25)10-30-19-22-21-18(26)14-9-13(23-24(14)19)15-4-3-7-29-15/h3-9H,10H2,1-2H3,(H,20,25)(H,21,26). The Balaban J connectivity index is 1.52. The Labute approximate surface area is 174 Å². The van der Waals surface area contributed by atoms with E-state index in [2.05, 4.69) is 20.6 Å². The van der Waals surface area contributed by atoms with Gasteiger partial charge in [0.2, 0.25) is 11.1 Å². The molecule has 3 aromatic heterocycles. The molecule has 4 rings (SSSR count). The van der Waals surface area contributed by atoms with E-state index < -0.39 is 5.56 Å². The zero-order valence-corrected chi connectivity index (χ0v) is 16.9. The molecule has 0 fully saturated rings. The van der Waals surface area contributed by atoms with Gasteiger partial charge in [0.15, 0.2) is 5.76 Å². The highest BCUT2D eigenvalue weighted by molar-refractivity contribution is 7.99. The molecule has 1 amide bonds. The van der Waals surface area contributed by atoms with E-state index in [1.165, 1.54) is 17.9 Å². The van der Waals surface area contributed by atoms with Crippen molar-refractivity contribution in [3.8, 4) is 23.0 Å². The second-order valence-electron chi connectivity index (χ2n) is 6.04. The molecule has 30 heavy (non-hydrogen) atoms. The Kier molecular flexibility index (Phi) is 5.44. The van der Waals surface area contributed by atoms with Crippen molar-refractivity contribution in [3.05, 3.63) is 53.0 Å². The summed E-state index contributed by atoms with van der Waals surface area (Å²) in [6, 6.07) is 10.2. The topological polar surface area (TPSA) is 124 Å². The minimum atomic E-state index is -0.392. The van der Waals surface area contributed by atoms with Crippen molar-refractivity contribution in [1.29, 1.82) is 0 Å².